The highest BCUT2D eigenvalue weighted by Crippen LogP contribution is 2.28. The summed E-state index contributed by atoms with van der Waals surface area (Å²) in [5.74, 6) is 0.0973. The molecule has 0 bridgehead atoms. The van der Waals surface area contributed by atoms with Crippen LogP contribution in [0.4, 0.5) is 5.69 Å². The highest BCUT2D eigenvalue weighted by molar-refractivity contribution is 7.09. The van der Waals surface area contributed by atoms with Gasteiger partial charge in [-0.05, 0) is 42.8 Å². The van der Waals surface area contributed by atoms with Crippen molar-refractivity contribution in [3.63, 3.8) is 0 Å². The Kier molecular flexibility index (Phi) is 4.25. The Morgan fingerprint density at radius 3 is 3.00 bits per heavy atom. The van der Waals surface area contributed by atoms with Crippen LogP contribution in [0.2, 0.25) is 0 Å². The molecule has 1 amide bonds. The summed E-state index contributed by atoms with van der Waals surface area (Å²) < 4.78 is 0. The van der Waals surface area contributed by atoms with Crippen molar-refractivity contribution in [3.8, 4) is 0 Å². The van der Waals surface area contributed by atoms with Crippen LogP contribution in [0.1, 0.15) is 23.8 Å². The van der Waals surface area contributed by atoms with E-state index >= 15 is 0 Å². The lowest BCUT2D eigenvalue weighted by Crippen LogP contribution is -2.47. The number of hydrogen-bond acceptors (Lipinski definition) is 3. The summed E-state index contributed by atoms with van der Waals surface area (Å²) in [6, 6.07) is 12.3. The van der Waals surface area contributed by atoms with Gasteiger partial charge in [-0.2, -0.15) is 0 Å². The number of thiophene rings is 1. The number of rotatable bonds is 4. The normalized spacial score (nSPS) is 15.4. The van der Waals surface area contributed by atoms with E-state index in [1.807, 2.05) is 30.5 Å². The predicted octanol–water partition coefficient (Wildman–Crippen LogP) is 3.21. The summed E-state index contributed by atoms with van der Waals surface area (Å²) in [7, 11) is 0. The van der Waals surface area contributed by atoms with Crippen molar-refractivity contribution >= 4 is 22.9 Å². The molecule has 1 N–H and O–H groups in total. The van der Waals surface area contributed by atoms with Gasteiger partial charge in [0.05, 0.1) is 6.54 Å². The Hall–Kier alpha value is -1.81. The van der Waals surface area contributed by atoms with E-state index in [1.54, 1.807) is 11.3 Å². The van der Waals surface area contributed by atoms with E-state index in [0.29, 0.717) is 6.54 Å². The quantitative estimate of drug-likeness (QED) is 0.940. The third-order valence-corrected chi connectivity index (χ3v) is 4.89. The van der Waals surface area contributed by atoms with Gasteiger partial charge in [-0.1, -0.05) is 24.3 Å². The average molecular weight is 300 g/mol. The fraction of sp³-hybridized carbons (Fsp3) is 0.353. The third-order valence-electron chi connectivity index (χ3n) is 4.01. The highest BCUT2D eigenvalue weighted by atomic mass is 32.1. The SMILES string of the molecule is CC(C(=O)NCc1cccs1)N1CCCc2ccccc21. The summed E-state index contributed by atoms with van der Waals surface area (Å²) in [6.07, 6.45) is 2.22. The van der Waals surface area contributed by atoms with Crippen LogP contribution < -0.4 is 10.2 Å². The molecular weight excluding hydrogens is 280 g/mol. The first-order valence-corrected chi connectivity index (χ1v) is 8.28. The van der Waals surface area contributed by atoms with Crippen LogP contribution in [-0.4, -0.2) is 18.5 Å². The molecular formula is C17H20N2OS. The van der Waals surface area contributed by atoms with Gasteiger partial charge < -0.3 is 10.2 Å². The molecule has 110 valence electrons. The van der Waals surface area contributed by atoms with Gasteiger partial charge in [-0.3, -0.25) is 4.79 Å². The molecule has 1 unspecified atom stereocenters. The monoisotopic (exact) mass is 300 g/mol. The molecule has 2 aromatic rings. The molecule has 1 aromatic heterocycles. The van der Waals surface area contributed by atoms with Gasteiger partial charge in [0, 0.05) is 17.1 Å². The first kappa shape index (κ1) is 14.1. The fourth-order valence-corrected chi connectivity index (χ4v) is 3.49. The van der Waals surface area contributed by atoms with Crippen LogP contribution in [0.15, 0.2) is 41.8 Å². The van der Waals surface area contributed by atoms with Crippen LogP contribution in [0.3, 0.4) is 0 Å². The minimum absolute atomic E-state index is 0.0973. The minimum atomic E-state index is -0.133. The smallest absolute Gasteiger partial charge is 0.242 e. The summed E-state index contributed by atoms with van der Waals surface area (Å²) in [4.78, 5) is 15.8. The standard InChI is InChI=1S/C17H20N2OS/c1-13(17(20)18-12-15-8-5-11-21-15)19-10-4-7-14-6-2-3-9-16(14)19/h2-3,5-6,8-9,11,13H,4,7,10,12H2,1H3,(H,18,20). The Balaban J connectivity index is 1.67. The number of hydrogen-bond donors (Lipinski definition) is 1. The zero-order chi connectivity index (χ0) is 14.7. The van der Waals surface area contributed by atoms with E-state index in [-0.39, 0.29) is 11.9 Å². The predicted molar refractivity (Wildman–Crippen MR) is 87.7 cm³/mol. The Morgan fingerprint density at radius 2 is 2.19 bits per heavy atom. The second-order valence-corrected chi connectivity index (χ2v) is 6.43. The van der Waals surface area contributed by atoms with Crippen LogP contribution in [0.25, 0.3) is 0 Å². The van der Waals surface area contributed by atoms with Crippen LogP contribution >= 0.6 is 11.3 Å². The van der Waals surface area contributed by atoms with E-state index in [0.717, 1.165) is 19.4 Å². The molecule has 21 heavy (non-hydrogen) atoms. The first-order valence-electron chi connectivity index (χ1n) is 7.40. The van der Waals surface area contributed by atoms with E-state index in [9.17, 15) is 4.79 Å². The van der Waals surface area contributed by atoms with E-state index in [2.05, 4.69) is 28.4 Å². The maximum atomic E-state index is 12.4. The minimum Gasteiger partial charge on any atom is -0.360 e. The number of carbonyl (C=O) groups is 1. The lowest BCUT2D eigenvalue weighted by atomic mass is 10.00. The summed E-state index contributed by atoms with van der Waals surface area (Å²) >= 11 is 1.67. The van der Waals surface area contributed by atoms with Crippen molar-refractivity contribution in [1.29, 1.82) is 0 Å². The number of anilines is 1. The molecule has 3 rings (SSSR count). The molecule has 0 radical (unpaired) electrons. The second-order valence-electron chi connectivity index (χ2n) is 5.40. The van der Waals surface area contributed by atoms with Gasteiger partial charge in [-0.25, -0.2) is 0 Å². The molecule has 0 saturated carbocycles. The summed E-state index contributed by atoms with van der Waals surface area (Å²) in [6.45, 7) is 3.56. The lowest BCUT2D eigenvalue weighted by Gasteiger charge is -2.35. The Morgan fingerprint density at radius 1 is 1.33 bits per heavy atom. The molecule has 1 atom stereocenters. The van der Waals surface area contributed by atoms with Crippen molar-refractivity contribution in [2.24, 2.45) is 0 Å². The van der Waals surface area contributed by atoms with Crippen molar-refractivity contribution in [2.75, 3.05) is 11.4 Å². The molecule has 0 saturated heterocycles. The fourth-order valence-electron chi connectivity index (χ4n) is 2.84. The number of amides is 1. The maximum absolute atomic E-state index is 12.4. The van der Waals surface area contributed by atoms with Crippen molar-refractivity contribution < 1.29 is 4.79 Å². The number of para-hydroxylation sites is 1. The molecule has 0 fully saturated rings. The maximum Gasteiger partial charge on any atom is 0.242 e. The van der Waals surface area contributed by atoms with E-state index in [1.165, 1.54) is 16.1 Å². The second kappa shape index (κ2) is 6.31. The highest BCUT2D eigenvalue weighted by Gasteiger charge is 2.25. The van der Waals surface area contributed by atoms with Crippen molar-refractivity contribution in [2.45, 2.75) is 32.4 Å². The zero-order valence-corrected chi connectivity index (χ0v) is 13.0. The van der Waals surface area contributed by atoms with Gasteiger partial charge in [0.1, 0.15) is 6.04 Å². The molecule has 0 spiro atoms. The van der Waals surface area contributed by atoms with Gasteiger partial charge in [0.25, 0.3) is 0 Å². The molecule has 4 heteroatoms. The van der Waals surface area contributed by atoms with Gasteiger partial charge >= 0.3 is 0 Å². The summed E-state index contributed by atoms with van der Waals surface area (Å²) in [5, 5.41) is 5.08. The average Bonchev–Trinajstić information content (AvgIpc) is 3.05. The lowest BCUT2D eigenvalue weighted by molar-refractivity contribution is -0.122. The first-order chi connectivity index (χ1) is 10.3. The number of nitrogens with zero attached hydrogens (tertiary/aromatic N) is 1. The molecule has 3 nitrogen and oxygen atoms in total. The topological polar surface area (TPSA) is 32.3 Å². The zero-order valence-electron chi connectivity index (χ0n) is 12.2. The number of nitrogens with one attached hydrogen (secondary N) is 1. The van der Waals surface area contributed by atoms with Crippen molar-refractivity contribution in [3.05, 3.63) is 52.2 Å². The van der Waals surface area contributed by atoms with Crippen LogP contribution in [-0.2, 0) is 17.8 Å². The number of carbonyl (C=O) groups excluding carboxylic acids is 1. The van der Waals surface area contributed by atoms with Crippen LogP contribution in [0.5, 0.6) is 0 Å². The molecule has 1 aliphatic rings. The Bertz CT molecular complexity index is 609. The van der Waals surface area contributed by atoms with Crippen LogP contribution in [0, 0.1) is 0 Å². The third kappa shape index (κ3) is 3.10. The van der Waals surface area contributed by atoms with Gasteiger partial charge in [0.15, 0.2) is 0 Å². The number of fused-ring (bicyclic) bond motifs is 1. The molecule has 1 aromatic carbocycles. The van der Waals surface area contributed by atoms with Gasteiger partial charge in [-0.15, -0.1) is 11.3 Å². The van der Waals surface area contributed by atoms with E-state index < -0.39 is 0 Å². The Labute approximate surface area is 129 Å². The van der Waals surface area contributed by atoms with E-state index in [4.69, 9.17) is 0 Å². The van der Waals surface area contributed by atoms with Gasteiger partial charge in [0.2, 0.25) is 5.91 Å². The molecule has 2 heterocycles. The molecule has 1 aliphatic heterocycles. The largest absolute Gasteiger partial charge is 0.360 e. The summed E-state index contributed by atoms with van der Waals surface area (Å²) in [5.41, 5.74) is 2.56. The number of aryl methyl sites for hydroxylation is 1. The number of benzene rings is 1. The van der Waals surface area contributed by atoms with Crippen molar-refractivity contribution in [1.82, 2.24) is 5.32 Å². The molecule has 0 aliphatic carbocycles.